The Morgan fingerprint density at radius 1 is 1.38 bits per heavy atom. The van der Waals surface area contributed by atoms with Crippen molar-refractivity contribution in [2.75, 3.05) is 0 Å². The van der Waals surface area contributed by atoms with E-state index in [0.29, 0.717) is 5.56 Å². The molecule has 0 aliphatic carbocycles. The zero-order chi connectivity index (χ0) is 9.26. The monoisotopic (exact) mass is 169 g/mol. The van der Waals surface area contributed by atoms with Crippen molar-refractivity contribution in [3.63, 3.8) is 0 Å². The fourth-order valence-corrected chi connectivity index (χ4v) is 1.47. The maximum atomic E-state index is 10.6. The summed E-state index contributed by atoms with van der Waals surface area (Å²) < 4.78 is 0. The molecule has 2 aromatic rings. The van der Waals surface area contributed by atoms with Crippen molar-refractivity contribution in [2.24, 2.45) is 0 Å². The largest absolute Gasteiger partial charge is 0.298 e. The molecule has 0 unspecified atom stereocenters. The lowest BCUT2D eigenvalue weighted by Crippen LogP contribution is -2.06. The Hall–Kier alpha value is -1.64. The number of hydrogen-bond acceptors (Lipinski definition) is 2. The highest BCUT2D eigenvalue weighted by atomic mass is 16.1. The lowest BCUT2D eigenvalue weighted by Gasteiger charge is -2.01. The van der Waals surface area contributed by atoms with Crippen LogP contribution in [0.25, 0.3) is 10.9 Å². The summed E-state index contributed by atoms with van der Waals surface area (Å²) in [5, 5.41) is 1.02. The van der Waals surface area contributed by atoms with Crippen LogP contribution < -0.4 is 5.46 Å². The van der Waals surface area contributed by atoms with Crippen LogP contribution >= 0.6 is 0 Å². The predicted molar refractivity (Wildman–Crippen MR) is 55.3 cm³/mol. The standard InChI is InChI=1S/C10H8BNO/c11-9-5-7(6-13)4-8-2-1-3-12-10(8)9/h1-6H,11H2. The van der Waals surface area contributed by atoms with Crippen LogP contribution in [0.3, 0.4) is 0 Å². The van der Waals surface area contributed by atoms with E-state index in [1.165, 1.54) is 0 Å². The molecule has 2 nitrogen and oxygen atoms in total. The van der Waals surface area contributed by atoms with E-state index in [0.717, 1.165) is 22.7 Å². The minimum atomic E-state index is 0.706. The van der Waals surface area contributed by atoms with Crippen molar-refractivity contribution in [2.45, 2.75) is 0 Å². The first kappa shape index (κ1) is 7.99. The van der Waals surface area contributed by atoms with Crippen LogP contribution in [-0.4, -0.2) is 19.1 Å². The van der Waals surface area contributed by atoms with Crippen LogP contribution in [0, 0.1) is 0 Å². The second kappa shape index (κ2) is 3.01. The molecule has 1 aromatic carbocycles. The number of hydrogen-bond donors (Lipinski definition) is 0. The van der Waals surface area contributed by atoms with Gasteiger partial charge in [-0.2, -0.15) is 0 Å². The highest BCUT2D eigenvalue weighted by Crippen LogP contribution is 2.09. The fourth-order valence-electron chi connectivity index (χ4n) is 1.47. The van der Waals surface area contributed by atoms with Gasteiger partial charge >= 0.3 is 0 Å². The molecule has 0 aliphatic heterocycles. The van der Waals surface area contributed by atoms with E-state index >= 15 is 0 Å². The van der Waals surface area contributed by atoms with Crippen LogP contribution in [0.15, 0.2) is 30.5 Å². The van der Waals surface area contributed by atoms with Crippen molar-refractivity contribution in [3.05, 3.63) is 36.0 Å². The first-order chi connectivity index (χ1) is 6.31. The van der Waals surface area contributed by atoms with Gasteiger partial charge in [0.25, 0.3) is 0 Å². The van der Waals surface area contributed by atoms with Gasteiger partial charge in [-0.3, -0.25) is 9.78 Å². The number of carbonyl (C=O) groups excluding carboxylic acids is 1. The number of fused-ring (bicyclic) bond motifs is 1. The molecule has 0 aliphatic rings. The zero-order valence-electron chi connectivity index (χ0n) is 7.32. The van der Waals surface area contributed by atoms with Gasteiger partial charge in [0.05, 0.1) is 5.52 Å². The number of carbonyl (C=O) groups is 1. The smallest absolute Gasteiger partial charge is 0.150 e. The molecular formula is C10H8BNO. The lowest BCUT2D eigenvalue weighted by molar-refractivity contribution is 0.112. The average molecular weight is 169 g/mol. The van der Waals surface area contributed by atoms with Crippen LogP contribution in [0.2, 0.25) is 0 Å². The summed E-state index contributed by atoms with van der Waals surface area (Å²) in [6.07, 6.45) is 2.62. The summed E-state index contributed by atoms with van der Waals surface area (Å²) in [4.78, 5) is 14.8. The number of pyridine rings is 1. The van der Waals surface area contributed by atoms with E-state index in [-0.39, 0.29) is 0 Å². The van der Waals surface area contributed by atoms with Gasteiger partial charge in [0.2, 0.25) is 0 Å². The molecule has 0 radical (unpaired) electrons. The molecule has 1 aromatic heterocycles. The Morgan fingerprint density at radius 2 is 2.23 bits per heavy atom. The molecule has 0 amide bonds. The molecule has 0 atom stereocenters. The van der Waals surface area contributed by atoms with Gasteiger partial charge in [-0.1, -0.05) is 17.6 Å². The van der Waals surface area contributed by atoms with E-state index in [2.05, 4.69) is 4.98 Å². The average Bonchev–Trinajstić information content (AvgIpc) is 2.18. The first-order valence-corrected chi connectivity index (χ1v) is 4.12. The molecule has 0 fully saturated rings. The predicted octanol–water partition coefficient (Wildman–Crippen LogP) is 0.306. The van der Waals surface area contributed by atoms with Gasteiger partial charge in [-0.15, -0.1) is 0 Å². The summed E-state index contributed by atoms with van der Waals surface area (Å²) in [6.45, 7) is 0. The molecular weight excluding hydrogens is 161 g/mol. The third kappa shape index (κ3) is 1.33. The third-order valence-corrected chi connectivity index (χ3v) is 2.05. The van der Waals surface area contributed by atoms with Crippen molar-refractivity contribution < 1.29 is 4.79 Å². The minimum Gasteiger partial charge on any atom is -0.298 e. The van der Waals surface area contributed by atoms with Crippen molar-refractivity contribution in [1.82, 2.24) is 4.98 Å². The molecule has 1 heterocycles. The van der Waals surface area contributed by atoms with Crippen molar-refractivity contribution in [1.29, 1.82) is 0 Å². The molecule has 13 heavy (non-hydrogen) atoms. The Bertz CT molecular complexity index is 467. The van der Waals surface area contributed by atoms with E-state index < -0.39 is 0 Å². The number of aromatic nitrogens is 1. The third-order valence-electron chi connectivity index (χ3n) is 2.05. The van der Waals surface area contributed by atoms with Crippen LogP contribution in [0.5, 0.6) is 0 Å². The van der Waals surface area contributed by atoms with E-state index in [9.17, 15) is 4.79 Å². The summed E-state index contributed by atoms with van der Waals surface area (Å²) in [7, 11) is 1.96. The molecule has 3 heteroatoms. The Kier molecular flexibility index (Phi) is 1.85. The molecule has 0 spiro atoms. The van der Waals surface area contributed by atoms with Crippen molar-refractivity contribution in [3.8, 4) is 0 Å². The molecule has 62 valence electrons. The zero-order valence-corrected chi connectivity index (χ0v) is 7.32. The summed E-state index contributed by atoms with van der Waals surface area (Å²) in [5.74, 6) is 0. The summed E-state index contributed by atoms with van der Waals surface area (Å²) in [5.41, 5.74) is 2.71. The van der Waals surface area contributed by atoms with Crippen molar-refractivity contribution >= 4 is 30.5 Å². The van der Waals surface area contributed by atoms with E-state index in [1.54, 1.807) is 6.20 Å². The Labute approximate surface area is 77.0 Å². The normalized spacial score (nSPS) is 10.2. The van der Waals surface area contributed by atoms with Gasteiger partial charge in [0.1, 0.15) is 14.1 Å². The SMILES string of the molecule is Bc1cc(C=O)cc2cccnc12. The van der Waals surface area contributed by atoms with Gasteiger partial charge in [-0.05, 0) is 12.1 Å². The van der Waals surface area contributed by atoms with Crippen LogP contribution in [-0.2, 0) is 0 Å². The highest BCUT2D eigenvalue weighted by Gasteiger charge is 1.99. The molecule has 0 saturated carbocycles. The number of benzene rings is 1. The van der Waals surface area contributed by atoms with Gasteiger partial charge < -0.3 is 0 Å². The number of nitrogens with zero attached hydrogens (tertiary/aromatic N) is 1. The molecule has 2 rings (SSSR count). The Morgan fingerprint density at radius 3 is 3.00 bits per heavy atom. The number of aldehydes is 1. The minimum absolute atomic E-state index is 0.706. The fraction of sp³-hybridized carbons (Fsp3) is 0. The first-order valence-electron chi connectivity index (χ1n) is 4.12. The molecule has 0 saturated heterocycles. The summed E-state index contributed by atoms with van der Waals surface area (Å²) in [6, 6.07) is 7.53. The molecule has 0 bridgehead atoms. The topological polar surface area (TPSA) is 30.0 Å². The molecule has 0 N–H and O–H groups in total. The van der Waals surface area contributed by atoms with E-state index in [1.807, 2.05) is 32.1 Å². The van der Waals surface area contributed by atoms with Gasteiger partial charge in [0.15, 0.2) is 0 Å². The van der Waals surface area contributed by atoms with Gasteiger partial charge in [-0.25, -0.2) is 0 Å². The van der Waals surface area contributed by atoms with E-state index in [4.69, 9.17) is 0 Å². The second-order valence-corrected chi connectivity index (χ2v) is 3.03. The maximum absolute atomic E-state index is 10.6. The highest BCUT2D eigenvalue weighted by molar-refractivity contribution is 6.38. The summed E-state index contributed by atoms with van der Waals surface area (Å²) >= 11 is 0. The second-order valence-electron chi connectivity index (χ2n) is 3.03. The van der Waals surface area contributed by atoms with Crippen LogP contribution in [0.4, 0.5) is 0 Å². The quantitative estimate of drug-likeness (QED) is 0.454. The maximum Gasteiger partial charge on any atom is 0.150 e. The Balaban J connectivity index is 2.84. The van der Waals surface area contributed by atoms with Crippen LogP contribution in [0.1, 0.15) is 10.4 Å². The lowest BCUT2D eigenvalue weighted by atomic mass is 9.91. The van der Waals surface area contributed by atoms with Gasteiger partial charge in [0, 0.05) is 17.1 Å². The number of rotatable bonds is 1.